The SMILES string of the molecule is CNC(=S)[C@]1(c2cccnc2)CCCC[C@H]1CCNS(=O)(=O)c1ccc(OC)cc1. The molecule has 1 aromatic heterocycles. The standard InChI is InChI=1S/C22H29N3O3S2/c1-23-21(29)22(18-7-5-14-24-16-18)13-4-3-6-17(22)12-15-25-30(26,27)20-10-8-19(28-2)9-11-20/h5,7-11,14,16-17,25H,3-4,6,12-13,15H2,1-2H3,(H,23,29)/t17-,22+/m0/s1. The third-order valence-corrected chi connectivity index (χ3v) is 8.08. The first kappa shape index (κ1) is 22.7. The van der Waals surface area contributed by atoms with Gasteiger partial charge in [-0.1, -0.05) is 31.1 Å². The van der Waals surface area contributed by atoms with Crippen LogP contribution in [-0.4, -0.2) is 39.1 Å². The molecule has 162 valence electrons. The second-order valence-corrected chi connectivity index (χ2v) is 9.77. The number of ether oxygens (including phenoxy) is 1. The van der Waals surface area contributed by atoms with Gasteiger partial charge in [-0.05, 0) is 61.1 Å². The summed E-state index contributed by atoms with van der Waals surface area (Å²) < 4.78 is 33.2. The molecule has 8 heteroatoms. The summed E-state index contributed by atoms with van der Waals surface area (Å²) in [4.78, 5) is 5.36. The number of nitrogens with one attached hydrogen (secondary N) is 2. The van der Waals surface area contributed by atoms with E-state index < -0.39 is 10.0 Å². The lowest BCUT2D eigenvalue weighted by Crippen LogP contribution is -2.50. The number of sulfonamides is 1. The van der Waals surface area contributed by atoms with Crippen molar-refractivity contribution in [2.24, 2.45) is 5.92 Å². The first-order valence-corrected chi connectivity index (χ1v) is 12.1. The van der Waals surface area contributed by atoms with Crippen LogP contribution in [0.4, 0.5) is 0 Å². The van der Waals surface area contributed by atoms with Crippen LogP contribution in [0.2, 0.25) is 0 Å². The van der Waals surface area contributed by atoms with Crippen LogP contribution in [0.1, 0.15) is 37.7 Å². The third-order valence-electron chi connectivity index (χ3n) is 6.03. The molecule has 1 heterocycles. The summed E-state index contributed by atoms with van der Waals surface area (Å²) in [6.07, 6.45) is 8.50. The average Bonchev–Trinajstić information content (AvgIpc) is 2.79. The Labute approximate surface area is 184 Å². The normalized spacial score (nSPS) is 21.7. The lowest BCUT2D eigenvalue weighted by Gasteiger charge is -2.45. The molecule has 1 fully saturated rings. The number of pyridine rings is 1. The zero-order valence-electron chi connectivity index (χ0n) is 17.4. The minimum absolute atomic E-state index is 0.231. The van der Waals surface area contributed by atoms with Crippen molar-refractivity contribution in [3.63, 3.8) is 0 Å². The zero-order valence-corrected chi connectivity index (χ0v) is 19.1. The first-order chi connectivity index (χ1) is 14.4. The van der Waals surface area contributed by atoms with E-state index in [9.17, 15) is 8.42 Å². The fraction of sp³-hybridized carbons (Fsp3) is 0.455. The summed E-state index contributed by atoms with van der Waals surface area (Å²) in [5.74, 6) is 0.854. The second-order valence-electron chi connectivity index (χ2n) is 7.60. The first-order valence-electron chi connectivity index (χ1n) is 10.2. The van der Waals surface area contributed by atoms with E-state index >= 15 is 0 Å². The monoisotopic (exact) mass is 447 g/mol. The molecule has 0 saturated heterocycles. The van der Waals surface area contributed by atoms with Crippen molar-refractivity contribution >= 4 is 27.2 Å². The summed E-state index contributed by atoms with van der Waals surface area (Å²) in [6, 6.07) is 10.4. The van der Waals surface area contributed by atoms with Gasteiger partial charge >= 0.3 is 0 Å². The number of nitrogens with zero attached hydrogens (tertiary/aromatic N) is 1. The number of hydrogen-bond acceptors (Lipinski definition) is 5. The number of likely N-dealkylation sites (N-methyl/N-ethyl adjacent to an activating group) is 1. The maximum atomic E-state index is 12.7. The quantitative estimate of drug-likeness (QED) is 0.604. The van der Waals surface area contributed by atoms with Crippen LogP contribution < -0.4 is 14.8 Å². The van der Waals surface area contributed by atoms with Gasteiger partial charge in [-0.3, -0.25) is 4.98 Å². The fourth-order valence-electron chi connectivity index (χ4n) is 4.50. The largest absolute Gasteiger partial charge is 0.497 e. The molecule has 1 aliphatic rings. The van der Waals surface area contributed by atoms with Crippen LogP contribution in [-0.2, 0) is 15.4 Å². The molecule has 2 N–H and O–H groups in total. The maximum absolute atomic E-state index is 12.7. The van der Waals surface area contributed by atoms with Gasteiger partial charge in [0.15, 0.2) is 0 Å². The van der Waals surface area contributed by atoms with Crippen LogP contribution in [0.25, 0.3) is 0 Å². The summed E-state index contributed by atoms with van der Waals surface area (Å²) in [7, 11) is -0.169. The van der Waals surface area contributed by atoms with Gasteiger partial charge in [0.25, 0.3) is 0 Å². The highest BCUT2D eigenvalue weighted by molar-refractivity contribution is 7.89. The van der Waals surface area contributed by atoms with Gasteiger partial charge in [0.2, 0.25) is 10.0 Å². The molecule has 6 nitrogen and oxygen atoms in total. The molecule has 0 bridgehead atoms. The van der Waals surface area contributed by atoms with Crippen LogP contribution >= 0.6 is 12.2 Å². The molecule has 3 rings (SSSR count). The smallest absolute Gasteiger partial charge is 0.240 e. The zero-order chi connectivity index (χ0) is 21.6. The Hall–Kier alpha value is -2.03. The van der Waals surface area contributed by atoms with Gasteiger partial charge in [-0.15, -0.1) is 0 Å². The summed E-state index contributed by atoms with van der Waals surface area (Å²) in [6.45, 7) is 0.355. The van der Waals surface area contributed by atoms with Crippen molar-refractivity contribution in [1.82, 2.24) is 15.0 Å². The molecule has 0 spiro atoms. The third kappa shape index (κ3) is 4.66. The highest BCUT2D eigenvalue weighted by Gasteiger charge is 2.45. The van der Waals surface area contributed by atoms with Crippen molar-refractivity contribution < 1.29 is 13.2 Å². The Morgan fingerprint density at radius 1 is 1.27 bits per heavy atom. The number of thiocarbonyl (C=S) groups is 1. The average molecular weight is 448 g/mol. The van der Waals surface area contributed by atoms with E-state index in [1.54, 1.807) is 37.6 Å². The van der Waals surface area contributed by atoms with Crippen molar-refractivity contribution in [2.75, 3.05) is 20.7 Å². The van der Waals surface area contributed by atoms with E-state index in [4.69, 9.17) is 17.0 Å². The van der Waals surface area contributed by atoms with Crippen LogP contribution in [0.3, 0.4) is 0 Å². The Balaban J connectivity index is 1.77. The van der Waals surface area contributed by atoms with Crippen LogP contribution in [0, 0.1) is 5.92 Å². The Bertz CT molecular complexity index is 949. The molecule has 1 saturated carbocycles. The number of benzene rings is 1. The van der Waals surface area contributed by atoms with Crippen molar-refractivity contribution in [1.29, 1.82) is 0 Å². The lowest BCUT2D eigenvalue weighted by atomic mass is 9.61. The van der Waals surface area contributed by atoms with Crippen molar-refractivity contribution in [3.8, 4) is 5.75 Å². The fourth-order valence-corrected chi connectivity index (χ4v) is 5.94. The van der Waals surface area contributed by atoms with E-state index in [1.165, 1.54) is 0 Å². The molecule has 1 aromatic carbocycles. The topological polar surface area (TPSA) is 80.3 Å². The van der Waals surface area contributed by atoms with Crippen LogP contribution in [0.15, 0.2) is 53.7 Å². The number of methoxy groups -OCH3 is 1. The highest BCUT2D eigenvalue weighted by atomic mass is 32.2. The molecule has 1 aliphatic carbocycles. The summed E-state index contributed by atoms with van der Waals surface area (Å²) in [5, 5.41) is 3.20. The second kappa shape index (κ2) is 9.85. The number of rotatable bonds is 8. The van der Waals surface area contributed by atoms with Crippen molar-refractivity contribution in [3.05, 3.63) is 54.4 Å². The molecule has 2 aromatic rings. The lowest BCUT2D eigenvalue weighted by molar-refractivity contribution is 0.239. The molecular weight excluding hydrogens is 418 g/mol. The van der Waals surface area contributed by atoms with Gasteiger partial charge in [-0.2, -0.15) is 0 Å². The van der Waals surface area contributed by atoms with Gasteiger partial charge in [-0.25, -0.2) is 13.1 Å². The molecule has 0 aliphatic heterocycles. The van der Waals surface area contributed by atoms with E-state index in [2.05, 4.69) is 21.1 Å². The molecule has 0 unspecified atom stereocenters. The molecule has 0 amide bonds. The molecule has 30 heavy (non-hydrogen) atoms. The molecule has 0 radical (unpaired) electrons. The van der Waals surface area contributed by atoms with Crippen molar-refractivity contribution in [2.45, 2.75) is 42.4 Å². The minimum atomic E-state index is -3.58. The predicted molar refractivity (Wildman–Crippen MR) is 122 cm³/mol. The van der Waals surface area contributed by atoms with Gasteiger partial charge in [0.1, 0.15) is 5.75 Å². The number of hydrogen-bond donors (Lipinski definition) is 2. The van der Waals surface area contributed by atoms with E-state index in [1.807, 2.05) is 19.3 Å². The minimum Gasteiger partial charge on any atom is -0.497 e. The number of aromatic nitrogens is 1. The van der Waals surface area contributed by atoms with Gasteiger partial charge in [0.05, 0.1) is 17.0 Å². The van der Waals surface area contributed by atoms with E-state index in [-0.39, 0.29) is 16.2 Å². The van der Waals surface area contributed by atoms with Gasteiger partial charge in [0, 0.05) is 31.4 Å². The summed E-state index contributed by atoms with van der Waals surface area (Å²) in [5.41, 5.74) is 0.786. The van der Waals surface area contributed by atoms with Gasteiger partial charge < -0.3 is 10.1 Å². The predicted octanol–water partition coefficient (Wildman–Crippen LogP) is 3.43. The highest BCUT2D eigenvalue weighted by Crippen LogP contribution is 2.46. The van der Waals surface area contributed by atoms with Crippen LogP contribution in [0.5, 0.6) is 5.75 Å². The maximum Gasteiger partial charge on any atom is 0.240 e. The van der Waals surface area contributed by atoms with E-state index in [0.29, 0.717) is 18.7 Å². The molecule has 2 atom stereocenters. The Kier molecular flexibility index (Phi) is 7.44. The Morgan fingerprint density at radius 2 is 2.03 bits per heavy atom. The summed E-state index contributed by atoms with van der Waals surface area (Å²) >= 11 is 5.78. The van der Waals surface area contributed by atoms with E-state index in [0.717, 1.165) is 36.2 Å². The Morgan fingerprint density at radius 3 is 2.67 bits per heavy atom. The molecular formula is C22H29N3O3S2.